The zero-order chi connectivity index (χ0) is 20.1. The van der Waals surface area contributed by atoms with Gasteiger partial charge in [0.2, 0.25) is 6.10 Å². The van der Waals surface area contributed by atoms with Crippen molar-refractivity contribution in [2.45, 2.75) is 64.0 Å². The summed E-state index contributed by atoms with van der Waals surface area (Å²) in [7, 11) is 1.19. The van der Waals surface area contributed by atoms with E-state index in [0.29, 0.717) is 4.88 Å². The zero-order valence-corrected chi connectivity index (χ0v) is 17.8. The van der Waals surface area contributed by atoms with Crippen molar-refractivity contribution in [2.24, 2.45) is 0 Å². The smallest absolute Gasteiger partial charge is 0.509 e. The van der Waals surface area contributed by atoms with Crippen LogP contribution in [0.4, 0.5) is 4.79 Å². The lowest BCUT2D eigenvalue weighted by Gasteiger charge is -2.30. The fourth-order valence-electron chi connectivity index (χ4n) is 1.78. The van der Waals surface area contributed by atoms with Crippen LogP contribution in [0.15, 0.2) is 17.5 Å². The van der Waals surface area contributed by atoms with E-state index in [2.05, 4.69) is 4.72 Å². The molecule has 0 radical (unpaired) electrons. The molecule has 1 unspecified atom stereocenters. The van der Waals surface area contributed by atoms with Crippen molar-refractivity contribution < 1.29 is 28.4 Å². The van der Waals surface area contributed by atoms with Crippen LogP contribution < -0.4 is 4.72 Å². The Labute approximate surface area is 161 Å². The standard InChI is InChI=1S/C17H27NO6S2/c1-16(2,3)24-15(20)23-13(14(19)22-7)12(11-9-8-10-25-11)18-26(21)17(4,5)6/h8-10,12-13,18H,1-7H3/t12-,13+,26?/m1/s1. The first kappa shape index (κ1) is 22.8. The second-order valence-electron chi connectivity index (χ2n) is 7.52. The number of ether oxygens (including phenoxy) is 3. The van der Waals surface area contributed by atoms with Gasteiger partial charge < -0.3 is 18.8 Å². The van der Waals surface area contributed by atoms with Crippen LogP contribution in [-0.2, 0) is 30.4 Å². The molecular formula is C17H27NO6S2. The molecule has 9 heteroatoms. The molecule has 1 rings (SSSR count). The van der Waals surface area contributed by atoms with Crippen molar-refractivity contribution >= 4 is 34.8 Å². The SMILES string of the molecule is COC(=O)[C@@H](OC(=O)OC(C)(C)C)[C@H](N[S+]([O-])C(C)(C)C)c1cccs1. The van der Waals surface area contributed by atoms with E-state index < -0.39 is 46.0 Å². The number of thiophene rings is 1. The number of methoxy groups -OCH3 is 1. The number of hydrogen-bond donors (Lipinski definition) is 1. The Morgan fingerprint density at radius 2 is 1.85 bits per heavy atom. The lowest BCUT2D eigenvalue weighted by molar-refractivity contribution is -0.154. The highest BCUT2D eigenvalue weighted by Crippen LogP contribution is 2.28. The molecule has 0 fully saturated rings. The molecule has 0 saturated carbocycles. The zero-order valence-electron chi connectivity index (χ0n) is 16.2. The minimum atomic E-state index is -1.51. The highest BCUT2D eigenvalue weighted by molar-refractivity contribution is 7.90. The van der Waals surface area contributed by atoms with Gasteiger partial charge in [-0.3, -0.25) is 0 Å². The first-order valence-electron chi connectivity index (χ1n) is 8.04. The first-order chi connectivity index (χ1) is 11.8. The van der Waals surface area contributed by atoms with Crippen molar-refractivity contribution in [1.29, 1.82) is 0 Å². The fraction of sp³-hybridized carbons (Fsp3) is 0.647. The third-order valence-electron chi connectivity index (χ3n) is 2.99. The van der Waals surface area contributed by atoms with E-state index in [-0.39, 0.29) is 0 Å². The molecule has 7 nitrogen and oxygen atoms in total. The number of carbonyl (C=O) groups is 2. The van der Waals surface area contributed by atoms with Crippen LogP contribution >= 0.6 is 11.3 Å². The van der Waals surface area contributed by atoms with E-state index in [4.69, 9.17) is 14.2 Å². The normalized spacial score (nSPS) is 15.7. The van der Waals surface area contributed by atoms with Crippen molar-refractivity contribution in [3.63, 3.8) is 0 Å². The Hall–Kier alpha value is -1.29. The van der Waals surface area contributed by atoms with Crippen LogP contribution in [0.25, 0.3) is 0 Å². The topological polar surface area (TPSA) is 96.9 Å². The molecule has 0 aliphatic carbocycles. The lowest BCUT2D eigenvalue weighted by atomic mass is 10.1. The van der Waals surface area contributed by atoms with Crippen molar-refractivity contribution in [1.82, 2.24) is 4.72 Å². The number of carbonyl (C=O) groups excluding carboxylic acids is 2. The Balaban J connectivity index is 3.13. The number of rotatable bonds is 6. The summed E-state index contributed by atoms with van der Waals surface area (Å²) in [5.41, 5.74) is -0.780. The third kappa shape index (κ3) is 7.14. The number of nitrogens with one attached hydrogen (secondary N) is 1. The average molecular weight is 406 g/mol. The summed E-state index contributed by atoms with van der Waals surface area (Å²) >= 11 is -0.165. The Morgan fingerprint density at radius 3 is 2.27 bits per heavy atom. The molecule has 1 aromatic heterocycles. The monoisotopic (exact) mass is 405 g/mol. The summed E-state index contributed by atoms with van der Waals surface area (Å²) in [5, 5.41) is 1.81. The Bertz CT molecular complexity index is 591. The molecule has 0 aliphatic rings. The molecular weight excluding hydrogens is 378 g/mol. The molecule has 0 aromatic carbocycles. The van der Waals surface area contributed by atoms with Gasteiger partial charge in [-0.05, 0) is 53.0 Å². The maximum absolute atomic E-state index is 12.6. The van der Waals surface area contributed by atoms with Gasteiger partial charge in [0.1, 0.15) is 16.4 Å². The van der Waals surface area contributed by atoms with Crippen LogP contribution in [-0.4, -0.2) is 40.2 Å². The van der Waals surface area contributed by atoms with Gasteiger partial charge >= 0.3 is 12.1 Å². The third-order valence-corrected chi connectivity index (χ3v) is 5.52. The van der Waals surface area contributed by atoms with E-state index in [0.717, 1.165) is 0 Å². The van der Waals surface area contributed by atoms with Crippen LogP contribution in [0.2, 0.25) is 0 Å². The number of hydrogen-bond acceptors (Lipinski definition) is 8. The van der Waals surface area contributed by atoms with E-state index >= 15 is 0 Å². The van der Waals surface area contributed by atoms with Crippen molar-refractivity contribution in [2.75, 3.05) is 7.11 Å². The van der Waals surface area contributed by atoms with E-state index in [1.807, 2.05) is 5.38 Å². The van der Waals surface area contributed by atoms with Crippen LogP contribution in [0.3, 0.4) is 0 Å². The van der Waals surface area contributed by atoms with Gasteiger partial charge in [-0.15, -0.1) is 16.1 Å². The van der Waals surface area contributed by atoms with Crippen molar-refractivity contribution in [3.8, 4) is 0 Å². The van der Waals surface area contributed by atoms with E-state index in [1.54, 1.807) is 53.7 Å². The minimum Gasteiger partial charge on any atom is -0.598 e. The van der Waals surface area contributed by atoms with E-state index in [9.17, 15) is 14.1 Å². The molecule has 0 saturated heterocycles. The Kier molecular flexibility index (Phi) is 7.94. The van der Waals surface area contributed by atoms with Crippen LogP contribution in [0.1, 0.15) is 52.5 Å². The summed E-state index contributed by atoms with van der Waals surface area (Å²) in [6.45, 7) is 10.4. The quantitative estimate of drug-likeness (QED) is 0.573. The predicted molar refractivity (Wildman–Crippen MR) is 101 cm³/mol. The molecule has 1 N–H and O–H groups in total. The van der Waals surface area contributed by atoms with E-state index in [1.165, 1.54) is 18.4 Å². The first-order valence-corrected chi connectivity index (χ1v) is 10.1. The van der Waals surface area contributed by atoms with Gasteiger partial charge in [-0.25, -0.2) is 9.59 Å². The molecule has 3 atom stereocenters. The van der Waals surface area contributed by atoms with Gasteiger partial charge in [-0.2, -0.15) is 0 Å². The second-order valence-corrected chi connectivity index (χ2v) is 10.5. The van der Waals surface area contributed by atoms with Gasteiger partial charge in [0.15, 0.2) is 0 Å². The fourth-order valence-corrected chi connectivity index (χ4v) is 3.49. The highest BCUT2D eigenvalue weighted by Gasteiger charge is 2.41. The molecule has 0 spiro atoms. The van der Waals surface area contributed by atoms with Crippen LogP contribution in [0, 0.1) is 0 Å². The molecule has 0 bridgehead atoms. The lowest BCUT2D eigenvalue weighted by Crippen LogP contribution is -2.48. The summed E-state index contributed by atoms with van der Waals surface area (Å²) in [4.78, 5) is 25.1. The summed E-state index contributed by atoms with van der Waals surface area (Å²) in [6, 6.07) is 2.71. The number of esters is 1. The van der Waals surface area contributed by atoms with Gasteiger partial charge in [0.25, 0.3) is 0 Å². The molecule has 0 amide bonds. The largest absolute Gasteiger partial charge is 0.598 e. The average Bonchev–Trinajstić information content (AvgIpc) is 3.00. The van der Waals surface area contributed by atoms with Gasteiger partial charge in [0.05, 0.1) is 7.11 Å². The molecule has 1 aromatic rings. The summed E-state index contributed by atoms with van der Waals surface area (Å²) < 4.78 is 30.1. The summed E-state index contributed by atoms with van der Waals surface area (Å²) in [5.74, 6) is -0.771. The molecule has 0 aliphatic heterocycles. The molecule has 148 valence electrons. The van der Waals surface area contributed by atoms with Gasteiger partial charge in [0, 0.05) is 16.2 Å². The maximum Gasteiger partial charge on any atom is 0.509 e. The second kappa shape index (κ2) is 9.07. The Morgan fingerprint density at radius 1 is 1.23 bits per heavy atom. The minimum absolute atomic E-state index is 0.581. The van der Waals surface area contributed by atoms with Crippen LogP contribution in [0.5, 0.6) is 0 Å². The maximum atomic E-state index is 12.6. The molecule has 1 heterocycles. The summed E-state index contributed by atoms with van der Waals surface area (Å²) in [6.07, 6.45) is -2.35. The highest BCUT2D eigenvalue weighted by atomic mass is 32.2. The molecule has 26 heavy (non-hydrogen) atoms. The van der Waals surface area contributed by atoms with Crippen molar-refractivity contribution in [3.05, 3.63) is 22.4 Å². The predicted octanol–water partition coefficient (Wildman–Crippen LogP) is 3.33. The van der Waals surface area contributed by atoms with Gasteiger partial charge in [-0.1, -0.05) is 6.07 Å².